The molecule has 0 aliphatic rings. The third kappa shape index (κ3) is 7.06. The van der Waals surface area contributed by atoms with Crippen molar-refractivity contribution in [3.63, 3.8) is 0 Å². The van der Waals surface area contributed by atoms with Crippen LogP contribution in [0.2, 0.25) is 0 Å². The van der Waals surface area contributed by atoms with Gasteiger partial charge in [0.15, 0.2) is 5.78 Å². The Balaban J connectivity index is 2.17. The van der Waals surface area contributed by atoms with Crippen LogP contribution >= 0.6 is 0 Å². The van der Waals surface area contributed by atoms with Crippen LogP contribution in [-0.2, 0) is 16.0 Å². The average molecular weight is 498 g/mol. The van der Waals surface area contributed by atoms with Crippen molar-refractivity contribution in [2.45, 2.75) is 45.6 Å². The second-order valence-electron chi connectivity index (χ2n) is 8.62. The SMILES string of the molecule is CCCCNC(=O)C(c1ccccc1N=[N+]=[N-])N(C(=O)CCc1ccccc1)c1ccccc1C(C)=O. The van der Waals surface area contributed by atoms with Crippen LogP contribution in [0.25, 0.3) is 10.4 Å². The molecule has 0 aromatic heterocycles. The summed E-state index contributed by atoms with van der Waals surface area (Å²) in [7, 11) is 0. The maximum atomic E-state index is 13.9. The Kier molecular flexibility index (Phi) is 10.00. The van der Waals surface area contributed by atoms with E-state index in [1.54, 1.807) is 48.5 Å². The summed E-state index contributed by atoms with van der Waals surface area (Å²) in [6.07, 6.45) is 2.22. The molecule has 3 aromatic carbocycles. The Morgan fingerprint density at radius 3 is 2.35 bits per heavy atom. The number of carbonyl (C=O) groups excluding carboxylic acids is 3. The molecule has 190 valence electrons. The van der Waals surface area contributed by atoms with Crippen LogP contribution in [0, 0.1) is 0 Å². The second kappa shape index (κ2) is 13.6. The molecule has 8 nitrogen and oxygen atoms in total. The number of hydrogen-bond donors (Lipinski definition) is 1. The highest BCUT2D eigenvalue weighted by Crippen LogP contribution is 2.36. The van der Waals surface area contributed by atoms with Crippen LogP contribution in [0.15, 0.2) is 84.0 Å². The highest BCUT2D eigenvalue weighted by molar-refractivity contribution is 6.08. The van der Waals surface area contributed by atoms with Gasteiger partial charge >= 0.3 is 0 Å². The molecule has 0 radical (unpaired) electrons. The number of benzene rings is 3. The molecular formula is C29H31N5O3. The van der Waals surface area contributed by atoms with E-state index in [1.165, 1.54) is 11.8 Å². The van der Waals surface area contributed by atoms with Crippen LogP contribution in [0.5, 0.6) is 0 Å². The molecule has 8 heteroatoms. The molecule has 0 fully saturated rings. The summed E-state index contributed by atoms with van der Waals surface area (Å²) in [5.74, 6) is -0.977. The number of unbranched alkanes of at least 4 members (excludes halogenated alkanes) is 1. The molecule has 3 aromatic rings. The van der Waals surface area contributed by atoms with E-state index in [4.69, 9.17) is 5.53 Å². The monoisotopic (exact) mass is 497 g/mol. The summed E-state index contributed by atoms with van der Waals surface area (Å²) in [6, 6.07) is 21.9. The predicted molar refractivity (Wildman–Crippen MR) is 145 cm³/mol. The van der Waals surface area contributed by atoms with Gasteiger partial charge in [-0.15, -0.1) is 0 Å². The summed E-state index contributed by atoms with van der Waals surface area (Å²) in [5, 5.41) is 6.72. The Morgan fingerprint density at radius 2 is 1.65 bits per heavy atom. The maximum absolute atomic E-state index is 13.9. The Labute approximate surface area is 216 Å². The molecule has 0 saturated carbocycles. The highest BCUT2D eigenvalue weighted by atomic mass is 16.2. The number of nitrogens with zero attached hydrogens (tertiary/aromatic N) is 4. The number of hydrogen-bond acceptors (Lipinski definition) is 4. The second-order valence-corrected chi connectivity index (χ2v) is 8.62. The molecule has 3 rings (SSSR count). The standard InChI is InChI=1S/C29H31N5O3/c1-3-4-20-31-29(37)28(24-15-8-10-16-25(24)32-33-30)34(26-17-11-9-14-23(26)21(2)35)27(36)19-18-22-12-6-5-7-13-22/h5-17,28H,3-4,18-20H2,1-2H3,(H,31,37). The lowest BCUT2D eigenvalue weighted by Gasteiger charge is -2.33. The van der Waals surface area contributed by atoms with Crippen molar-refractivity contribution in [3.05, 3.63) is 106 Å². The molecule has 2 amide bonds. The quantitative estimate of drug-likeness (QED) is 0.102. The molecule has 1 unspecified atom stereocenters. The molecule has 0 spiro atoms. The van der Waals surface area contributed by atoms with Crippen molar-refractivity contribution in [3.8, 4) is 0 Å². The molecule has 0 aliphatic carbocycles. The van der Waals surface area contributed by atoms with E-state index in [2.05, 4.69) is 15.3 Å². The lowest BCUT2D eigenvalue weighted by atomic mass is 9.98. The maximum Gasteiger partial charge on any atom is 0.247 e. The molecule has 37 heavy (non-hydrogen) atoms. The number of Topliss-reactive ketones (excluding diaryl/α,β-unsaturated/α-hetero) is 1. The molecule has 0 aliphatic heterocycles. The fraction of sp³-hybridized carbons (Fsp3) is 0.276. The van der Waals surface area contributed by atoms with Gasteiger partial charge in [0.25, 0.3) is 0 Å². The third-order valence-corrected chi connectivity index (χ3v) is 6.00. The minimum absolute atomic E-state index is 0.110. The number of nitrogens with one attached hydrogen (secondary N) is 1. The molecule has 1 N–H and O–H groups in total. The smallest absolute Gasteiger partial charge is 0.247 e. The lowest BCUT2D eigenvalue weighted by molar-refractivity contribution is -0.126. The van der Waals surface area contributed by atoms with Gasteiger partial charge in [-0.25, -0.2) is 0 Å². The van der Waals surface area contributed by atoms with Crippen LogP contribution in [0.3, 0.4) is 0 Å². The first-order valence-corrected chi connectivity index (χ1v) is 12.4. The van der Waals surface area contributed by atoms with Crippen molar-refractivity contribution in [1.82, 2.24) is 5.32 Å². The zero-order valence-electron chi connectivity index (χ0n) is 21.1. The summed E-state index contributed by atoms with van der Waals surface area (Å²) in [4.78, 5) is 44.5. The van der Waals surface area contributed by atoms with E-state index in [1.807, 2.05) is 37.3 Å². The van der Waals surface area contributed by atoms with Crippen LogP contribution in [-0.4, -0.2) is 24.1 Å². The number of ketones is 1. The summed E-state index contributed by atoms with van der Waals surface area (Å²) < 4.78 is 0. The van der Waals surface area contributed by atoms with E-state index in [-0.39, 0.29) is 23.8 Å². The van der Waals surface area contributed by atoms with E-state index >= 15 is 0 Å². The fourth-order valence-corrected chi connectivity index (χ4v) is 4.16. The Bertz CT molecular complexity index is 1290. The van der Waals surface area contributed by atoms with Gasteiger partial charge in [-0.1, -0.05) is 85.2 Å². The summed E-state index contributed by atoms with van der Waals surface area (Å²) >= 11 is 0. The normalized spacial score (nSPS) is 11.2. The fourth-order valence-electron chi connectivity index (χ4n) is 4.16. The van der Waals surface area contributed by atoms with Gasteiger partial charge in [0.1, 0.15) is 6.04 Å². The molecule has 1 atom stereocenters. The summed E-state index contributed by atoms with van der Waals surface area (Å²) in [5.41, 5.74) is 11.4. The largest absolute Gasteiger partial charge is 0.354 e. The first-order chi connectivity index (χ1) is 18.0. The number of amides is 2. The number of carbonyl (C=O) groups is 3. The third-order valence-electron chi connectivity index (χ3n) is 6.00. The molecular weight excluding hydrogens is 466 g/mol. The Morgan fingerprint density at radius 1 is 0.973 bits per heavy atom. The van der Waals surface area contributed by atoms with Crippen molar-refractivity contribution < 1.29 is 14.4 Å². The first-order valence-electron chi connectivity index (χ1n) is 12.4. The minimum Gasteiger partial charge on any atom is -0.354 e. The van der Waals surface area contributed by atoms with E-state index in [9.17, 15) is 14.4 Å². The van der Waals surface area contributed by atoms with Gasteiger partial charge in [0.05, 0.1) is 5.69 Å². The van der Waals surface area contributed by atoms with Crippen molar-refractivity contribution >= 4 is 29.0 Å². The van der Waals surface area contributed by atoms with Crippen molar-refractivity contribution in [2.75, 3.05) is 11.4 Å². The minimum atomic E-state index is -1.15. The van der Waals surface area contributed by atoms with Crippen molar-refractivity contribution in [2.24, 2.45) is 5.11 Å². The number of para-hydroxylation sites is 1. The van der Waals surface area contributed by atoms with Crippen LogP contribution < -0.4 is 10.2 Å². The molecule has 0 heterocycles. The van der Waals surface area contributed by atoms with E-state index in [0.717, 1.165) is 18.4 Å². The highest BCUT2D eigenvalue weighted by Gasteiger charge is 2.35. The Hall–Kier alpha value is -4.42. The van der Waals surface area contributed by atoms with E-state index < -0.39 is 11.9 Å². The van der Waals surface area contributed by atoms with Gasteiger partial charge in [-0.3, -0.25) is 19.3 Å². The van der Waals surface area contributed by atoms with Gasteiger partial charge in [-0.05, 0) is 48.6 Å². The number of azide groups is 1. The zero-order chi connectivity index (χ0) is 26.6. The van der Waals surface area contributed by atoms with Gasteiger partial charge in [-0.2, -0.15) is 0 Å². The van der Waals surface area contributed by atoms with Gasteiger partial charge < -0.3 is 5.32 Å². The number of rotatable bonds is 12. The molecule has 0 saturated heterocycles. The van der Waals surface area contributed by atoms with Gasteiger partial charge in [0, 0.05) is 29.1 Å². The summed E-state index contributed by atoms with van der Waals surface area (Å²) in [6.45, 7) is 3.87. The number of aryl methyl sites for hydroxylation is 1. The molecule has 0 bridgehead atoms. The van der Waals surface area contributed by atoms with Gasteiger partial charge in [0.2, 0.25) is 11.8 Å². The first kappa shape index (κ1) is 27.2. The van der Waals surface area contributed by atoms with E-state index in [0.29, 0.717) is 29.8 Å². The lowest BCUT2D eigenvalue weighted by Crippen LogP contribution is -2.45. The number of anilines is 1. The van der Waals surface area contributed by atoms with Crippen molar-refractivity contribution in [1.29, 1.82) is 0 Å². The predicted octanol–water partition coefficient (Wildman–Crippen LogP) is 6.45. The average Bonchev–Trinajstić information content (AvgIpc) is 2.91. The van der Waals surface area contributed by atoms with Crippen LogP contribution in [0.1, 0.15) is 60.6 Å². The van der Waals surface area contributed by atoms with Crippen LogP contribution in [0.4, 0.5) is 11.4 Å². The topological polar surface area (TPSA) is 115 Å². The zero-order valence-corrected chi connectivity index (χ0v) is 21.1.